The van der Waals surface area contributed by atoms with Crippen molar-refractivity contribution in [1.29, 1.82) is 0 Å². The highest BCUT2D eigenvalue weighted by molar-refractivity contribution is 5.99. The van der Waals surface area contributed by atoms with E-state index in [-0.39, 0.29) is 10.8 Å². The van der Waals surface area contributed by atoms with Crippen LogP contribution in [0.2, 0.25) is 0 Å². The minimum Gasteiger partial charge on any atom is -0.390 e. The molecular weight excluding hydrogens is 605 g/mol. The molecule has 0 radical (unpaired) electrons. The molecule has 0 aromatic heterocycles. The van der Waals surface area contributed by atoms with Gasteiger partial charge in [-0.2, -0.15) is 0 Å². The van der Waals surface area contributed by atoms with Crippen molar-refractivity contribution in [2.45, 2.75) is 137 Å². The van der Waals surface area contributed by atoms with Crippen molar-refractivity contribution >= 4 is 43.1 Å². The molecule has 1 N–H and O–H groups in total. The molecule has 50 heavy (non-hydrogen) atoms. The van der Waals surface area contributed by atoms with E-state index < -0.39 is 5.60 Å². The Morgan fingerprint density at radius 1 is 0.380 bits per heavy atom. The minimum absolute atomic E-state index is 0.242. The molecule has 1 nitrogen and oxygen atoms in total. The maximum Gasteiger partial charge on any atom is 0.0591 e. The Balaban J connectivity index is 0.000000209. The molecule has 0 bridgehead atoms. The summed E-state index contributed by atoms with van der Waals surface area (Å²) in [5.41, 5.74) is 2.96. The lowest BCUT2D eigenvalue weighted by Gasteiger charge is -2.26. The van der Waals surface area contributed by atoms with Crippen LogP contribution in [0.15, 0.2) is 109 Å². The van der Waals surface area contributed by atoms with Crippen molar-refractivity contribution < 1.29 is 5.11 Å². The Hall–Kier alpha value is -3.68. The summed E-state index contributed by atoms with van der Waals surface area (Å²) in [5, 5.41) is 19.8. The first kappa shape index (κ1) is 39.1. The topological polar surface area (TPSA) is 20.2 Å². The summed E-state index contributed by atoms with van der Waals surface area (Å²) in [4.78, 5) is 0. The molecule has 0 unspecified atom stereocenters. The Kier molecular flexibility index (Phi) is 13.7. The van der Waals surface area contributed by atoms with Crippen molar-refractivity contribution in [1.82, 2.24) is 0 Å². The summed E-state index contributed by atoms with van der Waals surface area (Å²) in [6.07, 6.45) is 10.8. The van der Waals surface area contributed by atoms with E-state index in [1.165, 1.54) is 99.2 Å². The van der Waals surface area contributed by atoms with Crippen LogP contribution in [0.3, 0.4) is 0 Å². The van der Waals surface area contributed by atoms with Gasteiger partial charge in [-0.25, -0.2) is 0 Å². The Labute approximate surface area is 304 Å². The molecule has 0 heterocycles. The third-order valence-corrected chi connectivity index (χ3v) is 10.4. The van der Waals surface area contributed by atoms with Gasteiger partial charge in [0.25, 0.3) is 0 Å². The smallest absolute Gasteiger partial charge is 0.0591 e. The highest BCUT2D eigenvalue weighted by Gasteiger charge is 2.21. The highest BCUT2D eigenvalue weighted by atomic mass is 16.3. The average molecular weight is 669 g/mol. The third-order valence-electron chi connectivity index (χ3n) is 10.4. The average Bonchev–Trinajstić information content (AvgIpc) is 3.10. The Morgan fingerprint density at radius 3 is 0.980 bits per heavy atom. The maximum absolute atomic E-state index is 9.15. The summed E-state index contributed by atoms with van der Waals surface area (Å²) in [5.74, 6) is 0. The molecule has 0 fully saturated rings. The summed E-state index contributed by atoms with van der Waals surface area (Å²) in [6.45, 7) is 19.9. The highest BCUT2D eigenvalue weighted by Crippen LogP contribution is 2.35. The molecule has 6 aromatic rings. The number of benzene rings is 6. The summed E-state index contributed by atoms with van der Waals surface area (Å²) in [7, 11) is 0. The Morgan fingerprint density at radius 2 is 0.680 bits per heavy atom. The van der Waals surface area contributed by atoms with Crippen LogP contribution in [-0.4, -0.2) is 10.7 Å². The fourth-order valence-electron chi connectivity index (χ4n) is 6.86. The fourth-order valence-corrected chi connectivity index (χ4v) is 6.86. The van der Waals surface area contributed by atoms with Gasteiger partial charge in [-0.05, 0) is 122 Å². The fraction of sp³-hybridized carbons (Fsp3) is 0.429. The van der Waals surface area contributed by atoms with Crippen LogP contribution in [0, 0.1) is 0 Å². The molecule has 0 saturated carbocycles. The molecule has 6 aromatic carbocycles. The van der Waals surface area contributed by atoms with Crippen LogP contribution in [-0.2, 0) is 10.8 Å². The molecule has 0 aliphatic rings. The van der Waals surface area contributed by atoms with Crippen LogP contribution >= 0.6 is 0 Å². The van der Waals surface area contributed by atoms with Crippen molar-refractivity contribution in [3.8, 4) is 0 Å². The summed E-state index contributed by atoms with van der Waals surface area (Å²) < 4.78 is 0. The maximum atomic E-state index is 9.15. The second-order valence-corrected chi connectivity index (χ2v) is 16.4. The molecule has 266 valence electrons. The number of fused-ring (bicyclic) bond motifs is 4. The molecule has 1 heteroatoms. The monoisotopic (exact) mass is 668 g/mol. The van der Waals surface area contributed by atoms with Crippen molar-refractivity contribution in [3.05, 3.63) is 120 Å². The number of aliphatic hydroxyl groups is 1. The SMILES string of the molecule is CCCCC(C)(C)O.CCCCC(C)(C)c1ccc2cc3cc(C(C)(C)CCCC)ccc3cc2c1.c1ccc2cc3ccccc3cc2c1. The Bertz CT molecular complexity index is 1770. The van der Waals surface area contributed by atoms with Gasteiger partial charge in [0, 0.05) is 0 Å². The predicted molar refractivity (Wildman–Crippen MR) is 224 cm³/mol. The van der Waals surface area contributed by atoms with E-state index in [1.54, 1.807) is 0 Å². The van der Waals surface area contributed by atoms with Gasteiger partial charge >= 0.3 is 0 Å². The first-order chi connectivity index (χ1) is 23.8. The molecule has 0 aliphatic heterocycles. The number of hydrogen-bond acceptors (Lipinski definition) is 1. The number of unbranched alkanes of at least 4 members (excludes halogenated alkanes) is 3. The van der Waals surface area contributed by atoms with Crippen LogP contribution in [0.5, 0.6) is 0 Å². The lowest BCUT2D eigenvalue weighted by molar-refractivity contribution is 0.0686. The lowest BCUT2D eigenvalue weighted by Crippen LogP contribution is -2.17. The van der Waals surface area contributed by atoms with E-state index >= 15 is 0 Å². The second kappa shape index (κ2) is 17.5. The van der Waals surface area contributed by atoms with Gasteiger partial charge in [-0.3, -0.25) is 0 Å². The second-order valence-electron chi connectivity index (χ2n) is 16.4. The number of hydrogen-bond donors (Lipinski definition) is 1. The minimum atomic E-state index is -0.448. The van der Waals surface area contributed by atoms with Crippen LogP contribution in [0.1, 0.15) is 131 Å². The lowest BCUT2D eigenvalue weighted by atomic mass is 9.78. The van der Waals surface area contributed by atoms with E-state index in [2.05, 4.69) is 158 Å². The van der Waals surface area contributed by atoms with Gasteiger partial charge in [-0.1, -0.05) is 172 Å². The first-order valence-corrected chi connectivity index (χ1v) is 19.3. The molecule has 6 rings (SSSR count). The molecule has 0 amide bonds. The molecular formula is C49H64O. The zero-order valence-corrected chi connectivity index (χ0v) is 32.7. The van der Waals surface area contributed by atoms with Gasteiger partial charge in [0.15, 0.2) is 0 Å². The van der Waals surface area contributed by atoms with Crippen LogP contribution in [0.25, 0.3) is 43.1 Å². The zero-order chi connectivity index (χ0) is 36.4. The largest absolute Gasteiger partial charge is 0.390 e. The zero-order valence-electron chi connectivity index (χ0n) is 32.7. The van der Waals surface area contributed by atoms with E-state index in [0.29, 0.717) is 0 Å². The molecule has 0 aliphatic carbocycles. The molecule has 0 spiro atoms. The van der Waals surface area contributed by atoms with Gasteiger partial charge < -0.3 is 5.11 Å². The standard InChI is InChI=1S/C28H38.C14H10.C7H16O/c1-7-9-15-27(3,4)25-13-11-21-18-24-20-26(28(5,6)16-10-8-2)14-12-22(24)17-23(21)19-25;1-2-6-12-10-14-8-4-3-7-13(14)9-11(12)5-1;1-4-5-6-7(2,3)8/h11-14,17-20H,7-10,15-16H2,1-6H3;1-10H;8H,4-6H2,1-3H3. The van der Waals surface area contributed by atoms with E-state index in [9.17, 15) is 0 Å². The van der Waals surface area contributed by atoms with Gasteiger partial charge in [0.1, 0.15) is 0 Å². The first-order valence-electron chi connectivity index (χ1n) is 19.3. The van der Waals surface area contributed by atoms with E-state index in [0.717, 1.165) is 12.8 Å². The number of rotatable bonds is 11. The van der Waals surface area contributed by atoms with Crippen molar-refractivity contribution in [2.24, 2.45) is 0 Å². The summed E-state index contributed by atoms with van der Waals surface area (Å²) >= 11 is 0. The van der Waals surface area contributed by atoms with Crippen molar-refractivity contribution in [2.75, 3.05) is 0 Å². The van der Waals surface area contributed by atoms with Gasteiger partial charge in [-0.15, -0.1) is 0 Å². The summed E-state index contributed by atoms with van der Waals surface area (Å²) in [6, 6.07) is 40.4. The molecule has 0 atom stereocenters. The van der Waals surface area contributed by atoms with E-state index in [4.69, 9.17) is 5.11 Å². The molecule has 0 saturated heterocycles. The van der Waals surface area contributed by atoms with Crippen molar-refractivity contribution in [3.63, 3.8) is 0 Å². The van der Waals surface area contributed by atoms with Crippen LogP contribution < -0.4 is 0 Å². The van der Waals surface area contributed by atoms with Gasteiger partial charge in [0.05, 0.1) is 5.60 Å². The van der Waals surface area contributed by atoms with E-state index in [1.807, 2.05) is 13.8 Å². The third kappa shape index (κ3) is 10.9. The normalized spacial score (nSPS) is 12.1. The predicted octanol–water partition coefficient (Wildman–Crippen LogP) is 14.9. The van der Waals surface area contributed by atoms with Crippen LogP contribution in [0.4, 0.5) is 0 Å². The quantitative estimate of drug-likeness (QED) is 0.136. The van der Waals surface area contributed by atoms with Gasteiger partial charge in [0.2, 0.25) is 0 Å².